The first-order valence-corrected chi connectivity index (χ1v) is 7.92. The van der Waals surface area contributed by atoms with E-state index < -0.39 is 0 Å². The number of fused-ring (bicyclic) bond motifs is 2. The van der Waals surface area contributed by atoms with Gasteiger partial charge in [0.1, 0.15) is 0 Å². The minimum Gasteiger partial charge on any atom is -0.376 e. The Morgan fingerprint density at radius 1 is 1.27 bits per heavy atom. The Kier molecular flexibility index (Phi) is 4.30. The molecular weight excluding hydrogens is 276 g/mol. The number of piperidine rings is 1. The summed E-state index contributed by atoms with van der Waals surface area (Å²) in [5.41, 5.74) is 1.79. The van der Waals surface area contributed by atoms with Gasteiger partial charge in [-0.05, 0) is 56.6 Å². The first kappa shape index (κ1) is 14.9. The summed E-state index contributed by atoms with van der Waals surface area (Å²) >= 11 is 0. The summed E-state index contributed by atoms with van der Waals surface area (Å²) in [6.45, 7) is 4.59. The number of nitrogens with one attached hydrogen (secondary N) is 2. The smallest absolute Gasteiger partial charge is 0.239 e. The van der Waals surface area contributed by atoms with Crippen molar-refractivity contribution < 1.29 is 4.79 Å². The highest BCUT2D eigenvalue weighted by Crippen LogP contribution is 2.38. The van der Waals surface area contributed by atoms with Crippen LogP contribution >= 0.6 is 0 Å². The minimum absolute atomic E-state index is 0.0303. The molecule has 0 radical (unpaired) electrons. The maximum absolute atomic E-state index is 12.0. The van der Waals surface area contributed by atoms with Crippen LogP contribution in [-0.4, -0.2) is 43.5 Å². The largest absolute Gasteiger partial charge is 0.376 e. The van der Waals surface area contributed by atoms with Gasteiger partial charge in [0.05, 0.1) is 18.2 Å². The first-order chi connectivity index (χ1) is 10.7. The van der Waals surface area contributed by atoms with Gasteiger partial charge in [-0.3, -0.25) is 4.79 Å². The van der Waals surface area contributed by atoms with Crippen molar-refractivity contribution in [1.29, 1.82) is 5.26 Å². The molecule has 0 saturated carbocycles. The number of anilines is 1. The fraction of sp³-hybridized carbons (Fsp3) is 0.529. The predicted molar refractivity (Wildman–Crippen MR) is 85.4 cm³/mol. The van der Waals surface area contributed by atoms with Crippen LogP contribution in [0.15, 0.2) is 24.3 Å². The van der Waals surface area contributed by atoms with E-state index in [0.717, 1.165) is 18.8 Å². The number of nitrogens with zero attached hydrogens (tertiary/aromatic N) is 2. The van der Waals surface area contributed by atoms with E-state index in [1.165, 1.54) is 32.4 Å². The van der Waals surface area contributed by atoms with Gasteiger partial charge in [0.25, 0.3) is 0 Å². The van der Waals surface area contributed by atoms with E-state index in [9.17, 15) is 4.79 Å². The highest BCUT2D eigenvalue weighted by atomic mass is 16.1. The zero-order valence-corrected chi connectivity index (χ0v) is 12.8. The van der Waals surface area contributed by atoms with Gasteiger partial charge in [-0.25, -0.2) is 0 Å². The zero-order valence-electron chi connectivity index (χ0n) is 12.8. The van der Waals surface area contributed by atoms with Crippen molar-refractivity contribution >= 4 is 11.6 Å². The third kappa shape index (κ3) is 3.40. The normalized spacial score (nSPS) is 26.2. The highest BCUT2D eigenvalue weighted by Gasteiger charge is 2.40. The highest BCUT2D eigenvalue weighted by molar-refractivity contribution is 5.80. The third-order valence-electron chi connectivity index (χ3n) is 4.83. The molecule has 3 rings (SSSR count). The molecule has 0 aliphatic carbocycles. The molecule has 2 bridgehead atoms. The maximum atomic E-state index is 12.0. The van der Waals surface area contributed by atoms with Crippen LogP contribution < -0.4 is 10.6 Å². The van der Waals surface area contributed by atoms with E-state index >= 15 is 0 Å². The van der Waals surface area contributed by atoms with Gasteiger partial charge in [-0.1, -0.05) is 0 Å². The van der Waals surface area contributed by atoms with Crippen molar-refractivity contribution in [3.63, 3.8) is 0 Å². The van der Waals surface area contributed by atoms with Crippen molar-refractivity contribution in [1.82, 2.24) is 10.2 Å². The van der Waals surface area contributed by atoms with E-state index in [2.05, 4.69) is 21.6 Å². The van der Waals surface area contributed by atoms with E-state index in [1.807, 2.05) is 12.1 Å². The molecule has 5 heteroatoms. The summed E-state index contributed by atoms with van der Waals surface area (Å²) < 4.78 is 0. The Bertz CT molecular complexity index is 573. The number of benzene rings is 1. The molecule has 0 spiro atoms. The standard InChI is InChI=1S/C17H22N4O/c18-10-14-2-4-15(5-3-14)19-11-16(22)20-12-17-6-1-8-21(13-17)9-7-17/h2-5,19H,1,6-9,11-13H2,(H,20,22). The summed E-state index contributed by atoms with van der Waals surface area (Å²) in [6.07, 6.45) is 3.68. The summed E-state index contributed by atoms with van der Waals surface area (Å²) in [5, 5.41) is 14.9. The second kappa shape index (κ2) is 6.37. The van der Waals surface area contributed by atoms with Gasteiger partial charge in [0, 0.05) is 24.2 Å². The van der Waals surface area contributed by atoms with Crippen molar-refractivity contribution in [2.75, 3.05) is 38.0 Å². The average Bonchev–Trinajstić information content (AvgIpc) is 2.86. The van der Waals surface area contributed by atoms with Crippen LogP contribution in [0.5, 0.6) is 0 Å². The molecule has 0 aromatic heterocycles. The van der Waals surface area contributed by atoms with Gasteiger partial charge < -0.3 is 15.5 Å². The number of carbonyl (C=O) groups is 1. The summed E-state index contributed by atoms with van der Waals surface area (Å²) in [6, 6.07) is 9.21. The van der Waals surface area contributed by atoms with Crippen molar-refractivity contribution in [2.45, 2.75) is 19.3 Å². The van der Waals surface area contributed by atoms with Gasteiger partial charge in [-0.2, -0.15) is 5.26 Å². The molecule has 2 saturated heterocycles. The fourth-order valence-electron chi connectivity index (χ4n) is 3.53. The first-order valence-electron chi connectivity index (χ1n) is 7.92. The Labute approximate surface area is 131 Å². The molecule has 2 aliphatic heterocycles. The van der Waals surface area contributed by atoms with E-state index in [1.54, 1.807) is 12.1 Å². The third-order valence-corrected chi connectivity index (χ3v) is 4.83. The number of rotatable bonds is 5. The number of nitriles is 1. The van der Waals surface area contributed by atoms with Crippen molar-refractivity contribution in [3.05, 3.63) is 29.8 Å². The van der Waals surface area contributed by atoms with Crippen LogP contribution in [0, 0.1) is 16.7 Å². The molecule has 22 heavy (non-hydrogen) atoms. The van der Waals surface area contributed by atoms with Gasteiger partial charge in [-0.15, -0.1) is 0 Å². The van der Waals surface area contributed by atoms with Crippen LogP contribution in [0.2, 0.25) is 0 Å². The molecular formula is C17H22N4O. The monoisotopic (exact) mass is 298 g/mol. The minimum atomic E-state index is 0.0303. The van der Waals surface area contributed by atoms with Gasteiger partial charge >= 0.3 is 0 Å². The van der Waals surface area contributed by atoms with Crippen LogP contribution in [-0.2, 0) is 4.79 Å². The molecule has 2 aliphatic rings. The lowest BCUT2D eigenvalue weighted by Gasteiger charge is -2.34. The lowest BCUT2D eigenvalue weighted by Crippen LogP contribution is -2.43. The molecule has 1 aromatic rings. The Morgan fingerprint density at radius 2 is 2.09 bits per heavy atom. The van der Waals surface area contributed by atoms with E-state index in [0.29, 0.717) is 11.0 Å². The lowest BCUT2D eigenvalue weighted by atomic mass is 9.81. The second-order valence-corrected chi connectivity index (χ2v) is 6.45. The Hall–Kier alpha value is -2.06. The van der Waals surface area contributed by atoms with Gasteiger partial charge in [0.15, 0.2) is 0 Å². The molecule has 5 nitrogen and oxygen atoms in total. The van der Waals surface area contributed by atoms with E-state index in [4.69, 9.17) is 5.26 Å². The molecule has 2 N–H and O–H groups in total. The molecule has 2 heterocycles. The number of hydrogen-bond donors (Lipinski definition) is 2. The van der Waals surface area contributed by atoms with Crippen molar-refractivity contribution in [2.24, 2.45) is 5.41 Å². The van der Waals surface area contributed by atoms with Crippen LogP contribution in [0.1, 0.15) is 24.8 Å². The number of carbonyl (C=O) groups excluding carboxylic acids is 1. The topological polar surface area (TPSA) is 68.2 Å². The quantitative estimate of drug-likeness (QED) is 0.866. The number of hydrogen-bond acceptors (Lipinski definition) is 4. The summed E-state index contributed by atoms with van der Waals surface area (Å²) in [7, 11) is 0. The SMILES string of the molecule is N#Cc1ccc(NCC(=O)NCC23CCCN(CC2)C3)cc1. The summed E-state index contributed by atoms with van der Waals surface area (Å²) in [4.78, 5) is 14.5. The molecule has 1 aromatic carbocycles. The van der Waals surface area contributed by atoms with E-state index in [-0.39, 0.29) is 12.5 Å². The maximum Gasteiger partial charge on any atom is 0.239 e. The molecule has 2 fully saturated rings. The second-order valence-electron chi connectivity index (χ2n) is 6.45. The average molecular weight is 298 g/mol. The van der Waals surface area contributed by atoms with Crippen LogP contribution in [0.4, 0.5) is 5.69 Å². The Balaban J connectivity index is 1.43. The fourth-order valence-corrected chi connectivity index (χ4v) is 3.53. The van der Waals surface area contributed by atoms with Crippen LogP contribution in [0.3, 0.4) is 0 Å². The summed E-state index contributed by atoms with van der Waals surface area (Å²) in [5.74, 6) is 0.0303. The van der Waals surface area contributed by atoms with Crippen molar-refractivity contribution in [3.8, 4) is 6.07 Å². The molecule has 2 unspecified atom stereocenters. The van der Waals surface area contributed by atoms with Gasteiger partial charge in [0.2, 0.25) is 5.91 Å². The predicted octanol–water partition coefficient (Wildman–Crippen LogP) is 1.57. The zero-order chi connectivity index (χ0) is 15.4. The van der Waals surface area contributed by atoms with Crippen LogP contribution in [0.25, 0.3) is 0 Å². The number of amides is 1. The lowest BCUT2D eigenvalue weighted by molar-refractivity contribution is -0.120. The molecule has 116 valence electrons. The molecule has 2 atom stereocenters. The Morgan fingerprint density at radius 3 is 2.86 bits per heavy atom. The molecule has 1 amide bonds.